The largest absolute Gasteiger partial charge is 0.389 e. The quantitative estimate of drug-likeness (QED) is 0.519. The van der Waals surface area contributed by atoms with Crippen molar-refractivity contribution >= 4 is 29.2 Å². The third-order valence-corrected chi connectivity index (χ3v) is 7.84. The molecule has 0 unspecified atom stereocenters. The molecular formula is C25H24F3N5O3S. The topological polar surface area (TPSA) is 98.7 Å². The van der Waals surface area contributed by atoms with E-state index in [2.05, 4.69) is 14.7 Å². The molecule has 2 aliphatic rings. The van der Waals surface area contributed by atoms with E-state index >= 15 is 0 Å². The van der Waals surface area contributed by atoms with Crippen molar-refractivity contribution in [3.8, 4) is 0 Å². The number of hydrogen-bond acceptors (Lipinski definition) is 6. The molecule has 2 fully saturated rings. The fraction of sp³-hybridized carbons (Fsp3) is 0.360. The lowest BCUT2D eigenvalue weighted by Crippen LogP contribution is -2.53. The van der Waals surface area contributed by atoms with Crippen LogP contribution in [0.15, 0.2) is 42.7 Å². The van der Waals surface area contributed by atoms with Crippen LogP contribution in [0.25, 0.3) is 0 Å². The van der Waals surface area contributed by atoms with E-state index in [1.54, 1.807) is 13.0 Å². The van der Waals surface area contributed by atoms with Crippen LogP contribution < -0.4 is 5.32 Å². The number of aliphatic hydroxyl groups excluding tert-OH is 1. The summed E-state index contributed by atoms with van der Waals surface area (Å²) in [7, 11) is 0. The molecule has 0 bridgehead atoms. The van der Waals surface area contributed by atoms with E-state index in [1.807, 2.05) is 6.07 Å². The number of hydrogen-bond donors (Lipinski definition) is 2. The van der Waals surface area contributed by atoms with Gasteiger partial charge in [-0.05, 0) is 54.2 Å². The Bertz CT molecular complexity index is 1330. The molecule has 2 aromatic carbocycles. The van der Waals surface area contributed by atoms with Crippen molar-refractivity contribution in [2.75, 3.05) is 31.5 Å². The highest BCUT2D eigenvalue weighted by atomic mass is 32.1. The van der Waals surface area contributed by atoms with Gasteiger partial charge in [0.2, 0.25) is 0 Å². The predicted octanol–water partition coefficient (Wildman–Crippen LogP) is 3.96. The van der Waals surface area contributed by atoms with Gasteiger partial charge in [0.15, 0.2) is 0 Å². The van der Waals surface area contributed by atoms with E-state index in [9.17, 15) is 27.9 Å². The monoisotopic (exact) mass is 531 g/mol. The Labute approximate surface area is 214 Å². The summed E-state index contributed by atoms with van der Waals surface area (Å²) in [5.74, 6) is -0.839. The fourth-order valence-electron chi connectivity index (χ4n) is 4.76. The van der Waals surface area contributed by atoms with E-state index in [0.717, 1.165) is 12.1 Å². The number of rotatable bonds is 5. The summed E-state index contributed by atoms with van der Waals surface area (Å²) in [4.78, 5) is 33.5. The number of halogens is 3. The number of carbonyl (C=O) groups is 2. The molecule has 8 nitrogen and oxygen atoms in total. The molecule has 3 amide bonds. The second-order valence-corrected chi connectivity index (χ2v) is 10.1. The minimum Gasteiger partial charge on any atom is -0.389 e. The van der Waals surface area contributed by atoms with Crippen LogP contribution in [0.2, 0.25) is 0 Å². The number of aromatic nitrogens is 2. The summed E-state index contributed by atoms with van der Waals surface area (Å²) in [6, 6.07) is 7.85. The minimum absolute atomic E-state index is 0.0380. The zero-order chi connectivity index (χ0) is 26.3. The molecule has 2 aliphatic heterocycles. The fourth-order valence-corrected chi connectivity index (χ4v) is 5.51. The third-order valence-electron chi connectivity index (χ3n) is 6.97. The maximum Gasteiger partial charge on any atom is 0.321 e. The van der Waals surface area contributed by atoms with Gasteiger partial charge in [0.05, 0.1) is 22.8 Å². The first-order valence-corrected chi connectivity index (χ1v) is 12.4. The van der Waals surface area contributed by atoms with E-state index in [-0.39, 0.29) is 48.8 Å². The Morgan fingerprint density at radius 2 is 1.97 bits per heavy atom. The van der Waals surface area contributed by atoms with Gasteiger partial charge in [-0.25, -0.2) is 22.9 Å². The Morgan fingerprint density at radius 3 is 2.62 bits per heavy atom. The van der Waals surface area contributed by atoms with Crippen LogP contribution in [0.5, 0.6) is 0 Å². The van der Waals surface area contributed by atoms with Crippen molar-refractivity contribution in [2.24, 2.45) is 0 Å². The summed E-state index contributed by atoms with van der Waals surface area (Å²) >= 11 is 1.17. The Kier molecular flexibility index (Phi) is 6.63. The standard InChI is InChI=1S/C25H24F3N5O3S/c1-14-2-4-16(9-19(14)26)25(23-29-13-30-37-23)6-7-32(12-25)24(36)31-20-8-15(21(27)28)3-5-18(20)22(35)33-10-17(34)11-33/h2-5,8-9,13,17,21,34H,6-7,10-12H2,1H3,(H,31,36)/t25-/m0/s1. The molecule has 1 atom stereocenters. The average molecular weight is 532 g/mol. The van der Waals surface area contributed by atoms with Gasteiger partial charge in [-0.3, -0.25) is 4.79 Å². The van der Waals surface area contributed by atoms with Crippen LogP contribution in [0.4, 0.5) is 23.7 Å². The molecule has 37 heavy (non-hydrogen) atoms. The van der Waals surface area contributed by atoms with Gasteiger partial charge >= 0.3 is 6.03 Å². The molecule has 2 saturated heterocycles. The van der Waals surface area contributed by atoms with Crippen molar-refractivity contribution < 1.29 is 27.9 Å². The number of benzene rings is 2. The number of nitrogens with one attached hydrogen (secondary N) is 1. The zero-order valence-corrected chi connectivity index (χ0v) is 20.6. The Hall–Kier alpha value is -3.51. The van der Waals surface area contributed by atoms with Crippen LogP contribution in [-0.2, 0) is 5.41 Å². The van der Waals surface area contributed by atoms with E-state index in [1.165, 1.54) is 39.8 Å². The van der Waals surface area contributed by atoms with Crippen molar-refractivity contribution in [1.82, 2.24) is 19.2 Å². The van der Waals surface area contributed by atoms with E-state index in [0.29, 0.717) is 22.6 Å². The van der Waals surface area contributed by atoms with Crippen LogP contribution >= 0.6 is 11.5 Å². The molecule has 0 saturated carbocycles. The number of carbonyl (C=O) groups excluding carboxylic acids is 2. The lowest BCUT2D eigenvalue weighted by molar-refractivity contribution is 0.00595. The van der Waals surface area contributed by atoms with Crippen molar-refractivity contribution in [3.05, 3.63) is 75.8 Å². The van der Waals surface area contributed by atoms with Gasteiger partial charge < -0.3 is 20.2 Å². The first-order chi connectivity index (χ1) is 17.7. The number of aryl methyl sites for hydroxylation is 1. The molecule has 194 valence electrons. The molecule has 0 aliphatic carbocycles. The predicted molar refractivity (Wildman–Crippen MR) is 130 cm³/mol. The number of urea groups is 1. The molecule has 1 aromatic heterocycles. The van der Waals surface area contributed by atoms with Crippen molar-refractivity contribution in [2.45, 2.75) is 31.3 Å². The maximum absolute atomic E-state index is 14.5. The summed E-state index contributed by atoms with van der Waals surface area (Å²) in [5.41, 5.74) is 0.0489. The van der Waals surface area contributed by atoms with Crippen LogP contribution in [0.1, 0.15) is 44.9 Å². The number of nitrogens with zero attached hydrogens (tertiary/aromatic N) is 4. The van der Waals surface area contributed by atoms with E-state index < -0.39 is 29.9 Å². The van der Waals surface area contributed by atoms with E-state index in [4.69, 9.17) is 0 Å². The summed E-state index contributed by atoms with van der Waals surface area (Å²) in [6.07, 6.45) is -1.56. The highest BCUT2D eigenvalue weighted by Gasteiger charge is 2.45. The lowest BCUT2D eigenvalue weighted by atomic mass is 9.80. The number of likely N-dealkylation sites (tertiary alicyclic amines) is 2. The van der Waals surface area contributed by atoms with Crippen molar-refractivity contribution in [3.63, 3.8) is 0 Å². The second kappa shape index (κ2) is 9.75. The number of alkyl halides is 2. The molecular weight excluding hydrogens is 507 g/mol. The number of anilines is 1. The first kappa shape index (κ1) is 25.2. The molecule has 2 N–H and O–H groups in total. The Morgan fingerprint density at radius 1 is 1.19 bits per heavy atom. The van der Waals surface area contributed by atoms with Gasteiger partial charge in [0.25, 0.3) is 12.3 Å². The molecule has 0 spiro atoms. The van der Waals surface area contributed by atoms with Gasteiger partial charge in [-0.15, -0.1) is 0 Å². The van der Waals surface area contributed by atoms with Gasteiger partial charge in [-0.2, -0.15) is 4.37 Å². The van der Waals surface area contributed by atoms with Crippen LogP contribution in [-0.4, -0.2) is 68.5 Å². The SMILES string of the molecule is Cc1ccc([C@]2(c3ncns3)CCN(C(=O)Nc3cc(C(F)F)ccc3C(=O)N3CC(O)C3)C2)cc1F. The highest BCUT2D eigenvalue weighted by molar-refractivity contribution is 7.05. The average Bonchev–Trinajstić information content (AvgIpc) is 3.54. The van der Waals surface area contributed by atoms with Gasteiger partial charge in [-0.1, -0.05) is 18.2 Å². The summed E-state index contributed by atoms with van der Waals surface area (Å²) in [6.45, 7) is 2.38. The van der Waals surface area contributed by atoms with Crippen LogP contribution in [0, 0.1) is 12.7 Å². The second-order valence-electron chi connectivity index (χ2n) is 9.36. The smallest absolute Gasteiger partial charge is 0.321 e. The molecule has 3 heterocycles. The lowest BCUT2D eigenvalue weighted by Gasteiger charge is -2.36. The summed E-state index contributed by atoms with van der Waals surface area (Å²) < 4.78 is 45.4. The Balaban J connectivity index is 1.42. The third kappa shape index (κ3) is 4.66. The maximum atomic E-state index is 14.5. The highest BCUT2D eigenvalue weighted by Crippen LogP contribution is 2.42. The molecule has 0 radical (unpaired) electrons. The molecule has 5 rings (SSSR count). The van der Waals surface area contributed by atoms with Crippen LogP contribution in [0.3, 0.4) is 0 Å². The zero-order valence-electron chi connectivity index (χ0n) is 19.8. The van der Waals surface area contributed by atoms with Gasteiger partial charge in [0.1, 0.15) is 17.2 Å². The minimum atomic E-state index is -2.79. The first-order valence-electron chi connectivity index (χ1n) is 11.7. The number of amides is 3. The normalized spacial score (nSPS) is 19.8. The van der Waals surface area contributed by atoms with Crippen molar-refractivity contribution in [1.29, 1.82) is 0 Å². The number of β-amino-alcohol motifs (C(OH)–C–C–N with tert-alkyl or cyclic N) is 1. The summed E-state index contributed by atoms with van der Waals surface area (Å²) in [5, 5.41) is 12.8. The molecule has 3 aromatic rings. The molecule has 12 heteroatoms. The number of aliphatic hydroxyl groups is 1. The van der Waals surface area contributed by atoms with Gasteiger partial charge in [0, 0.05) is 31.7 Å².